The summed E-state index contributed by atoms with van der Waals surface area (Å²) in [5.41, 5.74) is 5.65. The van der Waals surface area contributed by atoms with Crippen molar-refractivity contribution in [3.8, 4) is 0 Å². The standard InChI is InChI=1S/C13H18O.C12H18/c1-10-7-8-11-5-3-4-6-13(14-2)12(11)9-10;1-3-4-8-11(2)12-9-6-5-7-10-12/h7-9,13H,3-6H2,1-2H3;5-7,9,12H,2-4,8,10H2,1H3. The number of benzene rings is 1. The number of methoxy groups -OCH3 is 1. The van der Waals surface area contributed by atoms with E-state index in [4.69, 9.17) is 4.74 Å². The Morgan fingerprint density at radius 3 is 2.77 bits per heavy atom. The molecule has 2 aliphatic carbocycles. The van der Waals surface area contributed by atoms with Gasteiger partial charge in [0.05, 0.1) is 6.10 Å². The number of aryl methyl sites for hydroxylation is 2. The summed E-state index contributed by atoms with van der Waals surface area (Å²) in [6, 6.07) is 6.76. The summed E-state index contributed by atoms with van der Waals surface area (Å²) < 4.78 is 5.55. The number of unbranched alkanes of at least 4 members (excludes halogenated alkanes) is 1. The van der Waals surface area contributed by atoms with E-state index < -0.39 is 0 Å². The second-order valence-corrected chi connectivity index (χ2v) is 7.59. The summed E-state index contributed by atoms with van der Waals surface area (Å²) in [5, 5.41) is 0. The number of allylic oxidation sites excluding steroid dienone is 5. The lowest BCUT2D eigenvalue weighted by molar-refractivity contribution is 0.0951. The van der Waals surface area contributed by atoms with Crippen LogP contribution in [0.1, 0.15) is 74.7 Å². The van der Waals surface area contributed by atoms with Crippen LogP contribution in [-0.2, 0) is 11.2 Å². The molecule has 0 heterocycles. The number of ether oxygens (including phenoxy) is 1. The highest BCUT2D eigenvalue weighted by molar-refractivity contribution is 5.34. The van der Waals surface area contributed by atoms with Gasteiger partial charge in [-0.1, -0.05) is 80.0 Å². The zero-order chi connectivity index (χ0) is 18.8. The zero-order valence-corrected chi connectivity index (χ0v) is 17.0. The van der Waals surface area contributed by atoms with E-state index in [0.29, 0.717) is 12.0 Å². The molecule has 1 heteroatoms. The minimum absolute atomic E-state index is 0.326. The van der Waals surface area contributed by atoms with Gasteiger partial charge in [-0.3, -0.25) is 0 Å². The van der Waals surface area contributed by atoms with Crippen LogP contribution in [0.2, 0.25) is 0 Å². The van der Waals surface area contributed by atoms with Gasteiger partial charge in [-0.25, -0.2) is 0 Å². The Hall–Kier alpha value is -1.60. The van der Waals surface area contributed by atoms with Gasteiger partial charge >= 0.3 is 0 Å². The highest BCUT2D eigenvalue weighted by atomic mass is 16.5. The molecule has 1 nitrogen and oxygen atoms in total. The van der Waals surface area contributed by atoms with Gasteiger partial charge in [0.15, 0.2) is 0 Å². The minimum atomic E-state index is 0.326. The lowest BCUT2D eigenvalue weighted by Crippen LogP contribution is -2.02. The molecule has 0 saturated heterocycles. The molecule has 1 aromatic rings. The summed E-state index contributed by atoms with van der Waals surface area (Å²) >= 11 is 0. The molecule has 2 aliphatic rings. The van der Waals surface area contributed by atoms with Gasteiger partial charge in [-0.05, 0) is 56.6 Å². The lowest BCUT2D eigenvalue weighted by atomic mass is 9.90. The average molecular weight is 353 g/mol. The summed E-state index contributed by atoms with van der Waals surface area (Å²) in [6.07, 6.45) is 18.9. The van der Waals surface area contributed by atoms with Crippen molar-refractivity contribution in [2.24, 2.45) is 5.92 Å². The van der Waals surface area contributed by atoms with Crippen molar-refractivity contribution in [3.63, 3.8) is 0 Å². The maximum Gasteiger partial charge on any atom is 0.0823 e. The van der Waals surface area contributed by atoms with Crippen molar-refractivity contribution >= 4 is 0 Å². The highest BCUT2D eigenvalue weighted by Crippen LogP contribution is 2.31. The van der Waals surface area contributed by atoms with E-state index in [1.807, 2.05) is 7.11 Å². The smallest absolute Gasteiger partial charge is 0.0823 e. The Labute approximate surface area is 160 Å². The van der Waals surface area contributed by atoms with Crippen LogP contribution in [0.3, 0.4) is 0 Å². The Morgan fingerprint density at radius 1 is 1.23 bits per heavy atom. The van der Waals surface area contributed by atoms with E-state index >= 15 is 0 Å². The highest BCUT2D eigenvalue weighted by Gasteiger charge is 2.17. The van der Waals surface area contributed by atoms with Crippen LogP contribution in [0.15, 0.2) is 54.7 Å². The van der Waals surface area contributed by atoms with Gasteiger partial charge in [0.2, 0.25) is 0 Å². The second kappa shape index (κ2) is 11.2. The third kappa shape index (κ3) is 6.29. The molecule has 2 unspecified atom stereocenters. The van der Waals surface area contributed by atoms with E-state index in [2.05, 4.69) is 62.9 Å². The summed E-state index contributed by atoms with van der Waals surface area (Å²) in [4.78, 5) is 0. The first-order valence-electron chi connectivity index (χ1n) is 10.3. The molecule has 2 atom stereocenters. The van der Waals surface area contributed by atoms with E-state index in [1.54, 1.807) is 0 Å². The van der Waals surface area contributed by atoms with Crippen molar-refractivity contribution in [3.05, 3.63) is 71.3 Å². The molecule has 0 aromatic heterocycles. The average Bonchev–Trinajstić information content (AvgIpc) is 2.88. The SMILES string of the molecule is C=C(CCCC)C1C=CC=CC1.COC1CCCCc2ccc(C)cc21. The molecular formula is C25H36O. The fourth-order valence-corrected chi connectivity index (χ4v) is 3.76. The summed E-state index contributed by atoms with van der Waals surface area (Å²) in [7, 11) is 1.82. The van der Waals surface area contributed by atoms with Gasteiger partial charge in [-0.2, -0.15) is 0 Å². The van der Waals surface area contributed by atoms with Crippen LogP contribution in [0, 0.1) is 12.8 Å². The molecule has 3 rings (SSSR count). The molecule has 0 saturated carbocycles. The van der Waals surface area contributed by atoms with E-state index in [9.17, 15) is 0 Å². The number of rotatable bonds is 5. The Morgan fingerprint density at radius 2 is 2.08 bits per heavy atom. The summed E-state index contributed by atoms with van der Waals surface area (Å²) in [6.45, 7) is 8.51. The van der Waals surface area contributed by atoms with Gasteiger partial charge in [0.25, 0.3) is 0 Å². The monoisotopic (exact) mass is 352 g/mol. The maximum atomic E-state index is 5.55. The van der Waals surface area contributed by atoms with Crippen LogP contribution in [0.4, 0.5) is 0 Å². The molecule has 0 spiro atoms. The number of hydrogen-bond donors (Lipinski definition) is 0. The predicted molar refractivity (Wildman–Crippen MR) is 114 cm³/mol. The third-order valence-electron chi connectivity index (χ3n) is 5.45. The van der Waals surface area contributed by atoms with Crippen LogP contribution >= 0.6 is 0 Å². The van der Waals surface area contributed by atoms with Crippen molar-refractivity contribution in [2.45, 2.75) is 71.3 Å². The maximum absolute atomic E-state index is 5.55. The molecule has 1 aromatic carbocycles. The van der Waals surface area contributed by atoms with E-state index in [-0.39, 0.29) is 0 Å². The molecule has 26 heavy (non-hydrogen) atoms. The third-order valence-corrected chi connectivity index (χ3v) is 5.45. The molecule has 0 bridgehead atoms. The van der Waals surface area contributed by atoms with Crippen molar-refractivity contribution in [1.82, 2.24) is 0 Å². The fourth-order valence-electron chi connectivity index (χ4n) is 3.76. The Bertz CT molecular complexity index is 623. The van der Waals surface area contributed by atoms with Crippen LogP contribution in [0.25, 0.3) is 0 Å². The normalized spacial score (nSPS) is 21.3. The number of hydrogen-bond acceptors (Lipinski definition) is 1. The van der Waals surface area contributed by atoms with Gasteiger partial charge in [0.1, 0.15) is 0 Å². The summed E-state index contributed by atoms with van der Waals surface area (Å²) in [5.74, 6) is 0.613. The van der Waals surface area contributed by atoms with Crippen molar-refractivity contribution < 1.29 is 4.74 Å². The Kier molecular flexibility index (Phi) is 8.91. The van der Waals surface area contributed by atoms with Crippen molar-refractivity contribution in [2.75, 3.05) is 7.11 Å². The first-order chi connectivity index (χ1) is 12.7. The fraction of sp³-hybridized carbons (Fsp3) is 0.520. The predicted octanol–water partition coefficient (Wildman–Crippen LogP) is 7.27. The number of fused-ring (bicyclic) bond motifs is 1. The van der Waals surface area contributed by atoms with E-state index in [0.717, 1.165) is 6.42 Å². The van der Waals surface area contributed by atoms with Crippen LogP contribution in [-0.4, -0.2) is 7.11 Å². The molecule has 0 amide bonds. The molecule has 0 N–H and O–H groups in total. The van der Waals surface area contributed by atoms with E-state index in [1.165, 1.54) is 67.2 Å². The van der Waals surface area contributed by atoms with Crippen LogP contribution in [0.5, 0.6) is 0 Å². The molecule has 0 radical (unpaired) electrons. The molecule has 0 aliphatic heterocycles. The quantitative estimate of drug-likeness (QED) is 0.400. The Balaban J connectivity index is 0.000000190. The topological polar surface area (TPSA) is 9.23 Å². The minimum Gasteiger partial charge on any atom is -0.377 e. The molecular weight excluding hydrogens is 316 g/mol. The largest absolute Gasteiger partial charge is 0.377 e. The van der Waals surface area contributed by atoms with Crippen molar-refractivity contribution in [1.29, 1.82) is 0 Å². The molecule has 0 fully saturated rings. The van der Waals surface area contributed by atoms with Gasteiger partial charge in [-0.15, -0.1) is 0 Å². The lowest BCUT2D eigenvalue weighted by Gasteiger charge is -2.16. The molecule has 142 valence electrons. The van der Waals surface area contributed by atoms with Gasteiger partial charge in [0, 0.05) is 13.0 Å². The second-order valence-electron chi connectivity index (χ2n) is 7.59. The van der Waals surface area contributed by atoms with Gasteiger partial charge < -0.3 is 4.74 Å². The first-order valence-corrected chi connectivity index (χ1v) is 10.3. The zero-order valence-electron chi connectivity index (χ0n) is 17.0. The van der Waals surface area contributed by atoms with Crippen LogP contribution < -0.4 is 0 Å². The first kappa shape index (κ1) is 20.7.